The third-order valence-corrected chi connectivity index (χ3v) is 4.22. The molecule has 0 bridgehead atoms. The number of nitrogens with zero attached hydrogens (tertiary/aromatic N) is 3. The van der Waals surface area contributed by atoms with Crippen molar-refractivity contribution in [2.24, 2.45) is 0 Å². The van der Waals surface area contributed by atoms with Gasteiger partial charge < -0.3 is 9.64 Å². The summed E-state index contributed by atoms with van der Waals surface area (Å²) >= 11 is 0. The van der Waals surface area contributed by atoms with Gasteiger partial charge in [0.1, 0.15) is 5.75 Å². The highest BCUT2D eigenvalue weighted by atomic mass is 16.5. The van der Waals surface area contributed by atoms with E-state index in [-0.39, 0.29) is 5.91 Å². The third kappa shape index (κ3) is 4.85. The lowest BCUT2D eigenvalue weighted by Gasteiger charge is -2.16. The summed E-state index contributed by atoms with van der Waals surface area (Å²) in [6.45, 7) is 5.52. The maximum Gasteiger partial charge on any atom is 0.222 e. The second kappa shape index (κ2) is 8.52. The molecule has 1 aromatic carbocycles. The van der Waals surface area contributed by atoms with E-state index in [0.717, 1.165) is 36.4 Å². The Morgan fingerprint density at radius 1 is 1.29 bits per heavy atom. The number of carbonyl (C=O) groups is 1. The Balaban J connectivity index is 1.79. The predicted octanol–water partition coefficient (Wildman–Crippen LogP) is 3.20. The fraction of sp³-hybridized carbons (Fsp3) is 0.474. The fourth-order valence-electron chi connectivity index (χ4n) is 2.65. The minimum absolute atomic E-state index is 0.173. The summed E-state index contributed by atoms with van der Waals surface area (Å²) in [7, 11) is 3.52. The average Bonchev–Trinajstić information content (AvgIpc) is 2.95. The van der Waals surface area contributed by atoms with Crippen LogP contribution >= 0.6 is 0 Å². The molecule has 0 saturated carbocycles. The highest BCUT2D eigenvalue weighted by molar-refractivity contribution is 5.75. The Kier molecular flexibility index (Phi) is 6.41. The van der Waals surface area contributed by atoms with E-state index < -0.39 is 0 Å². The molecule has 5 heteroatoms. The molecule has 0 aliphatic heterocycles. The molecule has 0 unspecified atom stereocenters. The van der Waals surface area contributed by atoms with Crippen LogP contribution in [0.1, 0.15) is 36.6 Å². The number of aromatic nitrogens is 2. The first-order valence-corrected chi connectivity index (χ1v) is 8.43. The van der Waals surface area contributed by atoms with Crippen molar-refractivity contribution in [2.75, 3.05) is 14.2 Å². The van der Waals surface area contributed by atoms with Crippen LogP contribution in [0.15, 0.2) is 30.5 Å². The van der Waals surface area contributed by atoms with E-state index in [1.54, 1.807) is 12.0 Å². The SMILES string of the molecule is CCn1cc(CN(C)C(=O)CCCc2ccc(OC)cc2)c(C)n1. The molecule has 0 radical (unpaired) electrons. The average molecular weight is 329 g/mol. The van der Waals surface area contributed by atoms with Crippen molar-refractivity contribution in [3.8, 4) is 5.75 Å². The summed E-state index contributed by atoms with van der Waals surface area (Å²) in [5.41, 5.74) is 3.34. The number of methoxy groups -OCH3 is 1. The van der Waals surface area contributed by atoms with Gasteiger partial charge in [-0.2, -0.15) is 5.10 Å². The molecule has 0 fully saturated rings. The molecular weight excluding hydrogens is 302 g/mol. The van der Waals surface area contributed by atoms with Crippen LogP contribution in [-0.4, -0.2) is 34.7 Å². The van der Waals surface area contributed by atoms with Crippen LogP contribution in [0.2, 0.25) is 0 Å². The second-order valence-corrected chi connectivity index (χ2v) is 6.05. The first-order chi connectivity index (χ1) is 11.5. The first-order valence-electron chi connectivity index (χ1n) is 8.43. The van der Waals surface area contributed by atoms with Gasteiger partial charge in [-0.25, -0.2) is 0 Å². The van der Waals surface area contributed by atoms with Gasteiger partial charge in [-0.05, 0) is 44.4 Å². The van der Waals surface area contributed by atoms with E-state index >= 15 is 0 Å². The largest absolute Gasteiger partial charge is 0.497 e. The van der Waals surface area contributed by atoms with Gasteiger partial charge in [0.15, 0.2) is 0 Å². The van der Waals surface area contributed by atoms with E-state index in [9.17, 15) is 4.79 Å². The molecule has 2 aromatic rings. The van der Waals surface area contributed by atoms with Crippen molar-refractivity contribution in [1.29, 1.82) is 0 Å². The summed E-state index contributed by atoms with van der Waals surface area (Å²) in [5, 5.41) is 4.43. The van der Waals surface area contributed by atoms with Gasteiger partial charge in [0.2, 0.25) is 5.91 Å². The summed E-state index contributed by atoms with van der Waals surface area (Å²) in [6, 6.07) is 8.01. The van der Waals surface area contributed by atoms with Crippen molar-refractivity contribution in [1.82, 2.24) is 14.7 Å². The lowest BCUT2D eigenvalue weighted by molar-refractivity contribution is -0.130. The monoisotopic (exact) mass is 329 g/mol. The van der Waals surface area contributed by atoms with Crippen LogP contribution < -0.4 is 4.74 Å². The number of hydrogen-bond acceptors (Lipinski definition) is 3. The Hall–Kier alpha value is -2.30. The second-order valence-electron chi connectivity index (χ2n) is 6.05. The van der Waals surface area contributed by atoms with Crippen molar-refractivity contribution in [3.63, 3.8) is 0 Å². The van der Waals surface area contributed by atoms with Gasteiger partial charge in [0, 0.05) is 38.3 Å². The lowest BCUT2D eigenvalue weighted by atomic mass is 10.1. The molecule has 1 heterocycles. The first kappa shape index (κ1) is 18.0. The fourth-order valence-corrected chi connectivity index (χ4v) is 2.65. The van der Waals surface area contributed by atoms with E-state index in [1.165, 1.54) is 5.56 Å². The van der Waals surface area contributed by atoms with E-state index in [2.05, 4.69) is 24.2 Å². The van der Waals surface area contributed by atoms with Crippen LogP contribution in [0, 0.1) is 6.92 Å². The molecule has 1 amide bonds. The maximum atomic E-state index is 12.3. The lowest BCUT2D eigenvalue weighted by Crippen LogP contribution is -2.26. The van der Waals surface area contributed by atoms with Gasteiger partial charge in [-0.15, -0.1) is 0 Å². The Morgan fingerprint density at radius 3 is 2.58 bits per heavy atom. The van der Waals surface area contributed by atoms with Crippen LogP contribution in [0.25, 0.3) is 0 Å². The number of hydrogen-bond donors (Lipinski definition) is 0. The number of ether oxygens (including phenoxy) is 1. The molecule has 24 heavy (non-hydrogen) atoms. The smallest absolute Gasteiger partial charge is 0.222 e. The molecule has 0 atom stereocenters. The van der Waals surface area contributed by atoms with Gasteiger partial charge >= 0.3 is 0 Å². The zero-order valence-corrected chi connectivity index (χ0v) is 15.1. The van der Waals surface area contributed by atoms with Gasteiger partial charge in [-0.1, -0.05) is 12.1 Å². The number of benzene rings is 1. The van der Waals surface area contributed by atoms with Gasteiger partial charge in [0.05, 0.1) is 12.8 Å². The van der Waals surface area contributed by atoms with Crippen molar-refractivity contribution >= 4 is 5.91 Å². The summed E-state index contributed by atoms with van der Waals surface area (Å²) in [4.78, 5) is 14.1. The normalized spacial score (nSPS) is 10.7. The third-order valence-electron chi connectivity index (χ3n) is 4.22. The Bertz CT molecular complexity index is 662. The summed E-state index contributed by atoms with van der Waals surface area (Å²) < 4.78 is 7.06. The molecule has 2 rings (SSSR count). The van der Waals surface area contributed by atoms with Crippen LogP contribution in [0.3, 0.4) is 0 Å². The molecular formula is C19H27N3O2. The highest BCUT2D eigenvalue weighted by Gasteiger charge is 2.12. The molecule has 5 nitrogen and oxygen atoms in total. The molecule has 1 aromatic heterocycles. The number of rotatable bonds is 8. The zero-order valence-electron chi connectivity index (χ0n) is 15.1. The van der Waals surface area contributed by atoms with E-state index in [1.807, 2.05) is 37.0 Å². The van der Waals surface area contributed by atoms with E-state index in [0.29, 0.717) is 13.0 Å². The van der Waals surface area contributed by atoms with Crippen LogP contribution in [-0.2, 0) is 24.3 Å². The molecule has 0 aliphatic carbocycles. The Morgan fingerprint density at radius 2 is 2.00 bits per heavy atom. The molecule has 0 spiro atoms. The zero-order chi connectivity index (χ0) is 17.5. The number of aryl methyl sites for hydroxylation is 3. The van der Waals surface area contributed by atoms with Crippen molar-refractivity contribution in [3.05, 3.63) is 47.3 Å². The number of carbonyl (C=O) groups excluding carboxylic acids is 1. The van der Waals surface area contributed by atoms with E-state index in [4.69, 9.17) is 4.74 Å². The highest BCUT2D eigenvalue weighted by Crippen LogP contribution is 2.14. The van der Waals surface area contributed by atoms with Gasteiger partial charge in [0.25, 0.3) is 0 Å². The topological polar surface area (TPSA) is 47.4 Å². The predicted molar refractivity (Wildman–Crippen MR) is 95.0 cm³/mol. The summed E-state index contributed by atoms with van der Waals surface area (Å²) in [6.07, 6.45) is 4.33. The molecule has 0 aliphatic rings. The quantitative estimate of drug-likeness (QED) is 0.747. The molecule has 0 N–H and O–H groups in total. The van der Waals surface area contributed by atoms with Crippen LogP contribution in [0.4, 0.5) is 0 Å². The molecule has 0 saturated heterocycles. The van der Waals surface area contributed by atoms with Crippen molar-refractivity contribution < 1.29 is 9.53 Å². The molecule has 130 valence electrons. The maximum absolute atomic E-state index is 12.3. The minimum atomic E-state index is 0.173. The van der Waals surface area contributed by atoms with Crippen molar-refractivity contribution in [2.45, 2.75) is 46.2 Å². The number of amides is 1. The Labute approximate surface area is 144 Å². The van der Waals surface area contributed by atoms with Crippen LogP contribution in [0.5, 0.6) is 5.75 Å². The summed E-state index contributed by atoms with van der Waals surface area (Å²) in [5.74, 6) is 1.03. The minimum Gasteiger partial charge on any atom is -0.497 e. The van der Waals surface area contributed by atoms with Gasteiger partial charge in [-0.3, -0.25) is 9.48 Å². The standard InChI is InChI=1S/C19H27N3O2/c1-5-22-14-17(15(2)20-22)13-21(3)19(23)8-6-7-16-9-11-18(24-4)12-10-16/h9-12,14H,5-8,13H2,1-4H3.